The Morgan fingerprint density at radius 1 is 0.943 bits per heavy atom. The highest BCUT2D eigenvalue weighted by molar-refractivity contribution is 5.95. The SMILES string of the molecule is CCOc1ccc(C2CCCN2C(=O)c2ccc(OCC(=O)Nc3cccc(OC)c3)cc2)cc1. The molecule has 1 saturated heterocycles. The number of amides is 2. The number of carbonyl (C=O) groups is 2. The highest BCUT2D eigenvalue weighted by atomic mass is 16.5. The largest absolute Gasteiger partial charge is 0.497 e. The topological polar surface area (TPSA) is 77.1 Å². The average Bonchev–Trinajstić information content (AvgIpc) is 3.38. The predicted octanol–water partition coefficient (Wildman–Crippen LogP) is 5.09. The van der Waals surface area contributed by atoms with E-state index in [0.29, 0.717) is 29.4 Å². The monoisotopic (exact) mass is 474 g/mol. The summed E-state index contributed by atoms with van der Waals surface area (Å²) in [4.78, 5) is 27.4. The van der Waals surface area contributed by atoms with Crippen molar-refractivity contribution in [1.82, 2.24) is 4.90 Å². The molecule has 1 unspecified atom stereocenters. The average molecular weight is 475 g/mol. The van der Waals surface area contributed by atoms with E-state index in [1.165, 1.54) is 0 Å². The number of benzene rings is 3. The van der Waals surface area contributed by atoms with Gasteiger partial charge >= 0.3 is 0 Å². The molecule has 0 aromatic heterocycles. The highest BCUT2D eigenvalue weighted by Gasteiger charge is 2.30. The molecule has 0 aliphatic carbocycles. The smallest absolute Gasteiger partial charge is 0.262 e. The number of nitrogens with one attached hydrogen (secondary N) is 1. The summed E-state index contributed by atoms with van der Waals surface area (Å²) < 4.78 is 16.3. The highest BCUT2D eigenvalue weighted by Crippen LogP contribution is 2.34. The van der Waals surface area contributed by atoms with Gasteiger partial charge in [0.15, 0.2) is 6.61 Å². The minimum absolute atomic E-state index is 0.0105. The number of ether oxygens (including phenoxy) is 3. The van der Waals surface area contributed by atoms with Crippen LogP contribution in [-0.4, -0.2) is 43.6 Å². The summed E-state index contributed by atoms with van der Waals surface area (Å²) in [5, 5.41) is 2.77. The molecule has 0 radical (unpaired) electrons. The maximum Gasteiger partial charge on any atom is 0.262 e. The number of hydrogen-bond acceptors (Lipinski definition) is 5. The molecule has 1 fully saturated rings. The molecule has 7 heteroatoms. The molecule has 0 saturated carbocycles. The summed E-state index contributed by atoms with van der Waals surface area (Å²) in [5.41, 5.74) is 2.34. The fraction of sp³-hybridized carbons (Fsp3) is 0.286. The molecular weight excluding hydrogens is 444 g/mol. The third-order valence-corrected chi connectivity index (χ3v) is 5.91. The standard InChI is InChI=1S/C28H30N2O5/c1-3-34-23-13-9-20(10-14-23)26-8-5-17-30(26)28(32)21-11-15-24(16-12-21)35-19-27(31)29-22-6-4-7-25(18-22)33-2/h4,6-7,9-16,18,26H,3,5,8,17,19H2,1-2H3,(H,29,31). The predicted molar refractivity (Wildman–Crippen MR) is 134 cm³/mol. The van der Waals surface area contributed by atoms with Crippen LogP contribution in [0.1, 0.15) is 41.7 Å². The molecule has 3 aromatic carbocycles. The lowest BCUT2D eigenvalue weighted by molar-refractivity contribution is -0.118. The van der Waals surface area contributed by atoms with Gasteiger partial charge in [0.2, 0.25) is 0 Å². The van der Waals surface area contributed by atoms with Crippen molar-refractivity contribution in [3.8, 4) is 17.2 Å². The molecule has 7 nitrogen and oxygen atoms in total. The van der Waals surface area contributed by atoms with Crippen LogP contribution in [-0.2, 0) is 4.79 Å². The van der Waals surface area contributed by atoms with E-state index in [1.54, 1.807) is 55.6 Å². The van der Waals surface area contributed by atoms with E-state index in [9.17, 15) is 9.59 Å². The van der Waals surface area contributed by atoms with Crippen LogP contribution in [0.25, 0.3) is 0 Å². The van der Waals surface area contributed by atoms with E-state index in [2.05, 4.69) is 5.32 Å². The zero-order chi connectivity index (χ0) is 24.6. The van der Waals surface area contributed by atoms with Crippen LogP contribution in [0.4, 0.5) is 5.69 Å². The van der Waals surface area contributed by atoms with Gasteiger partial charge in [-0.05, 0) is 73.9 Å². The molecule has 0 bridgehead atoms. The van der Waals surface area contributed by atoms with Crippen LogP contribution in [0.15, 0.2) is 72.8 Å². The first-order valence-corrected chi connectivity index (χ1v) is 11.8. The second kappa shape index (κ2) is 11.4. The van der Waals surface area contributed by atoms with Gasteiger partial charge in [0.05, 0.1) is 19.8 Å². The van der Waals surface area contributed by atoms with Crippen LogP contribution < -0.4 is 19.5 Å². The van der Waals surface area contributed by atoms with Gasteiger partial charge in [0, 0.05) is 23.9 Å². The first-order chi connectivity index (χ1) is 17.1. The second-order valence-corrected chi connectivity index (χ2v) is 8.25. The van der Waals surface area contributed by atoms with Gasteiger partial charge in [-0.2, -0.15) is 0 Å². The zero-order valence-corrected chi connectivity index (χ0v) is 20.0. The molecule has 1 aliphatic rings. The Bertz CT molecular complexity index is 1140. The Balaban J connectivity index is 1.33. The van der Waals surface area contributed by atoms with Gasteiger partial charge < -0.3 is 24.4 Å². The maximum absolute atomic E-state index is 13.2. The Morgan fingerprint density at radius 3 is 2.37 bits per heavy atom. The van der Waals surface area contributed by atoms with Gasteiger partial charge in [-0.1, -0.05) is 18.2 Å². The Morgan fingerprint density at radius 2 is 1.66 bits per heavy atom. The van der Waals surface area contributed by atoms with Crippen molar-refractivity contribution >= 4 is 17.5 Å². The third kappa shape index (κ3) is 6.12. The molecule has 4 rings (SSSR count). The van der Waals surface area contributed by atoms with Crippen molar-refractivity contribution in [2.24, 2.45) is 0 Å². The first-order valence-electron chi connectivity index (χ1n) is 11.8. The van der Waals surface area contributed by atoms with E-state index < -0.39 is 0 Å². The van der Waals surface area contributed by atoms with Crippen LogP contribution in [0.3, 0.4) is 0 Å². The molecule has 1 atom stereocenters. The van der Waals surface area contributed by atoms with Gasteiger partial charge in [-0.25, -0.2) is 0 Å². The van der Waals surface area contributed by atoms with Crippen molar-refractivity contribution < 1.29 is 23.8 Å². The molecule has 2 amide bonds. The summed E-state index contributed by atoms with van der Waals surface area (Å²) in [7, 11) is 1.57. The summed E-state index contributed by atoms with van der Waals surface area (Å²) in [6, 6.07) is 22.1. The van der Waals surface area contributed by atoms with Crippen LogP contribution >= 0.6 is 0 Å². The van der Waals surface area contributed by atoms with E-state index in [4.69, 9.17) is 14.2 Å². The minimum Gasteiger partial charge on any atom is -0.497 e. The Hall–Kier alpha value is -4.00. The first kappa shape index (κ1) is 24.1. The van der Waals surface area contributed by atoms with Crippen LogP contribution in [0, 0.1) is 0 Å². The summed E-state index contributed by atoms with van der Waals surface area (Å²) >= 11 is 0. The second-order valence-electron chi connectivity index (χ2n) is 8.25. The van der Waals surface area contributed by atoms with Crippen molar-refractivity contribution in [1.29, 1.82) is 0 Å². The number of carbonyl (C=O) groups excluding carboxylic acids is 2. The van der Waals surface area contributed by atoms with Gasteiger partial charge in [0.25, 0.3) is 11.8 Å². The van der Waals surface area contributed by atoms with Crippen molar-refractivity contribution in [3.05, 3.63) is 83.9 Å². The Labute approximate surface area is 205 Å². The number of nitrogens with zero attached hydrogens (tertiary/aromatic N) is 1. The zero-order valence-electron chi connectivity index (χ0n) is 20.0. The molecule has 1 aliphatic heterocycles. The van der Waals surface area contributed by atoms with E-state index in [1.807, 2.05) is 36.1 Å². The molecule has 3 aromatic rings. The quantitative estimate of drug-likeness (QED) is 0.468. The lowest BCUT2D eigenvalue weighted by Crippen LogP contribution is -2.30. The lowest BCUT2D eigenvalue weighted by Gasteiger charge is -2.25. The molecule has 0 spiro atoms. The van der Waals surface area contributed by atoms with Gasteiger partial charge in [-0.3, -0.25) is 9.59 Å². The molecule has 1 heterocycles. The van der Waals surface area contributed by atoms with E-state index >= 15 is 0 Å². The summed E-state index contributed by atoms with van der Waals surface area (Å²) in [5.74, 6) is 1.72. The number of anilines is 1. The fourth-order valence-electron chi connectivity index (χ4n) is 4.22. The van der Waals surface area contributed by atoms with Gasteiger partial charge in [-0.15, -0.1) is 0 Å². The number of likely N-dealkylation sites (tertiary alicyclic amines) is 1. The van der Waals surface area contributed by atoms with E-state index in [-0.39, 0.29) is 24.5 Å². The molecule has 35 heavy (non-hydrogen) atoms. The third-order valence-electron chi connectivity index (χ3n) is 5.91. The van der Waals surface area contributed by atoms with E-state index in [0.717, 1.165) is 30.7 Å². The minimum atomic E-state index is -0.284. The maximum atomic E-state index is 13.2. The van der Waals surface area contributed by atoms with Crippen LogP contribution in [0.5, 0.6) is 17.2 Å². The van der Waals surface area contributed by atoms with Crippen LogP contribution in [0.2, 0.25) is 0 Å². The summed E-state index contributed by atoms with van der Waals surface area (Å²) in [6.07, 6.45) is 1.90. The van der Waals surface area contributed by atoms with Crippen molar-refractivity contribution in [3.63, 3.8) is 0 Å². The number of methoxy groups -OCH3 is 1. The Kier molecular flexibility index (Phi) is 7.88. The fourth-order valence-corrected chi connectivity index (χ4v) is 4.22. The lowest BCUT2D eigenvalue weighted by atomic mass is 10.0. The van der Waals surface area contributed by atoms with Gasteiger partial charge in [0.1, 0.15) is 17.2 Å². The summed E-state index contributed by atoms with van der Waals surface area (Å²) in [6.45, 7) is 3.16. The van der Waals surface area contributed by atoms with Crippen molar-refractivity contribution in [2.45, 2.75) is 25.8 Å². The molecular formula is C28H30N2O5. The van der Waals surface area contributed by atoms with Crippen molar-refractivity contribution in [2.75, 3.05) is 32.2 Å². The molecule has 182 valence electrons. The normalized spacial score (nSPS) is 14.9. The number of rotatable bonds is 9. The molecule has 1 N–H and O–H groups in total. The number of hydrogen-bond donors (Lipinski definition) is 1.